The topological polar surface area (TPSA) is 12.0 Å². The molecule has 0 unspecified atom stereocenters. The summed E-state index contributed by atoms with van der Waals surface area (Å²) in [6.45, 7) is 2.25. The van der Waals surface area contributed by atoms with Gasteiger partial charge in [0.25, 0.3) is 0 Å². The highest BCUT2D eigenvalue weighted by Crippen LogP contribution is 2.27. The fourth-order valence-corrected chi connectivity index (χ4v) is 2.43. The number of hydrogen-bond acceptors (Lipinski definition) is 1. The van der Waals surface area contributed by atoms with Crippen LogP contribution in [0.2, 0.25) is 0 Å². The van der Waals surface area contributed by atoms with E-state index in [1.807, 2.05) is 0 Å². The van der Waals surface area contributed by atoms with Crippen LogP contribution in [0.15, 0.2) is 29.7 Å². The predicted octanol–water partition coefficient (Wildman–Crippen LogP) is 0.466. The molecular weight excluding hydrogens is 157 g/mol. The van der Waals surface area contributed by atoms with E-state index in [-0.39, 0.29) is 0 Å². The molecule has 13 heavy (non-hydrogen) atoms. The molecule has 0 spiro atoms. The van der Waals surface area contributed by atoms with Crippen LogP contribution in [-0.2, 0) is 0 Å². The second-order valence-corrected chi connectivity index (χ2v) is 3.84. The SMILES string of the molecule is B1C2=C(CCNC2)c2ccccc21. The van der Waals surface area contributed by atoms with Crippen molar-refractivity contribution in [1.82, 2.24) is 5.32 Å². The summed E-state index contributed by atoms with van der Waals surface area (Å²) < 4.78 is 0. The standard InChI is InChI=1S/C11H12BN/c1-2-4-10-8(3-1)9-5-6-13-7-11(9)12-10/h1-4,12-13H,5-7H2. The van der Waals surface area contributed by atoms with Crippen molar-refractivity contribution in [1.29, 1.82) is 0 Å². The summed E-state index contributed by atoms with van der Waals surface area (Å²) in [7, 11) is 1.18. The highest BCUT2D eigenvalue weighted by Gasteiger charge is 2.23. The Bertz CT molecular complexity index is 381. The molecular formula is C11H12BN. The van der Waals surface area contributed by atoms with E-state index < -0.39 is 0 Å². The molecule has 2 aliphatic rings. The van der Waals surface area contributed by atoms with E-state index in [9.17, 15) is 0 Å². The average molecular weight is 169 g/mol. The third-order valence-corrected chi connectivity index (χ3v) is 3.06. The van der Waals surface area contributed by atoms with Gasteiger partial charge in [-0.2, -0.15) is 0 Å². The van der Waals surface area contributed by atoms with Crippen LogP contribution in [0.4, 0.5) is 0 Å². The van der Waals surface area contributed by atoms with Gasteiger partial charge in [-0.1, -0.05) is 35.2 Å². The molecule has 0 radical (unpaired) electrons. The van der Waals surface area contributed by atoms with Gasteiger partial charge in [0.15, 0.2) is 7.28 Å². The van der Waals surface area contributed by atoms with Crippen molar-refractivity contribution in [3.05, 3.63) is 35.3 Å². The quantitative estimate of drug-likeness (QED) is 0.556. The lowest BCUT2D eigenvalue weighted by molar-refractivity contribution is 0.732. The zero-order chi connectivity index (χ0) is 8.67. The molecule has 0 saturated heterocycles. The lowest BCUT2D eigenvalue weighted by atomic mass is 9.66. The Kier molecular flexibility index (Phi) is 1.56. The van der Waals surface area contributed by atoms with Crippen LogP contribution < -0.4 is 10.8 Å². The van der Waals surface area contributed by atoms with Gasteiger partial charge in [0.2, 0.25) is 0 Å². The molecule has 0 atom stereocenters. The number of fused-ring (bicyclic) bond motifs is 2. The van der Waals surface area contributed by atoms with Gasteiger partial charge < -0.3 is 5.32 Å². The molecule has 0 amide bonds. The van der Waals surface area contributed by atoms with Crippen LogP contribution in [-0.4, -0.2) is 20.4 Å². The van der Waals surface area contributed by atoms with Crippen molar-refractivity contribution in [2.45, 2.75) is 6.42 Å². The highest BCUT2D eigenvalue weighted by molar-refractivity contribution is 6.66. The molecule has 1 N–H and O–H groups in total. The molecule has 2 aliphatic heterocycles. The summed E-state index contributed by atoms with van der Waals surface area (Å²) in [6, 6.07) is 8.82. The first-order valence-electron chi connectivity index (χ1n) is 4.95. The van der Waals surface area contributed by atoms with Gasteiger partial charge in [0, 0.05) is 6.54 Å². The van der Waals surface area contributed by atoms with Gasteiger partial charge in [-0.15, -0.1) is 0 Å². The molecule has 0 saturated carbocycles. The van der Waals surface area contributed by atoms with E-state index >= 15 is 0 Å². The van der Waals surface area contributed by atoms with Gasteiger partial charge in [0.05, 0.1) is 0 Å². The van der Waals surface area contributed by atoms with E-state index in [0.717, 1.165) is 13.1 Å². The van der Waals surface area contributed by atoms with Gasteiger partial charge in [-0.3, -0.25) is 0 Å². The fraction of sp³-hybridized carbons (Fsp3) is 0.273. The maximum absolute atomic E-state index is 3.43. The number of rotatable bonds is 0. The third-order valence-electron chi connectivity index (χ3n) is 3.06. The van der Waals surface area contributed by atoms with Crippen molar-refractivity contribution in [2.24, 2.45) is 0 Å². The zero-order valence-corrected chi connectivity index (χ0v) is 7.64. The first-order chi connectivity index (χ1) is 6.45. The van der Waals surface area contributed by atoms with E-state index in [1.165, 1.54) is 24.7 Å². The molecule has 0 fully saturated rings. The maximum Gasteiger partial charge on any atom is 0.189 e. The van der Waals surface area contributed by atoms with E-state index in [1.54, 1.807) is 11.0 Å². The Morgan fingerprint density at radius 2 is 2.15 bits per heavy atom. The maximum atomic E-state index is 3.43. The number of nitrogens with one attached hydrogen (secondary N) is 1. The van der Waals surface area contributed by atoms with Gasteiger partial charge in [0.1, 0.15) is 0 Å². The minimum atomic E-state index is 1.10. The van der Waals surface area contributed by atoms with Crippen molar-refractivity contribution in [3.8, 4) is 0 Å². The molecule has 64 valence electrons. The average Bonchev–Trinajstić information content (AvgIpc) is 2.56. The Balaban J connectivity index is 2.12. The van der Waals surface area contributed by atoms with Gasteiger partial charge >= 0.3 is 0 Å². The van der Waals surface area contributed by atoms with Gasteiger partial charge in [-0.05, 0) is 24.1 Å². The van der Waals surface area contributed by atoms with Crippen LogP contribution in [0.1, 0.15) is 12.0 Å². The predicted molar refractivity (Wildman–Crippen MR) is 57.6 cm³/mol. The first-order valence-corrected chi connectivity index (χ1v) is 4.95. The molecule has 1 nitrogen and oxygen atoms in total. The molecule has 1 aromatic rings. The lowest BCUT2D eigenvalue weighted by Crippen LogP contribution is -2.25. The second kappa shape index (κ2) is 2.74. The van der Waals surface area contributed by atoms with Crippen molar-refractivity contribution in [2.75, 3.05) is 13.1 Å². The zero-order valence-electron chi connectivity index (χ0n) is 7.64. The second-order valence-electron chi connectivity index (χ2n) is 3.84. The summed E-state index contributed by atoms with van der Waals surface area (Å²) in [6.07, 6.45) is 1.21. The van der Waals surface area contributed by atoms with Crippen LogP contribution in [0.5, 0.6) is 0 Å². The lowest BCUT2D eigenvalue weighted by Gasteiger charge is -2.15. The number of benzene rings is 1. The monoisotopic (exact) mass is 169 g/mol. The summed E-state index contributed by atoms with van der Waals surface area (Å²) in [5.74, 6) is 0. The summed E-state index contributed by atoms with van der Waals surface area (Å²) in [5.41, 5.74) is 6.28. The Morgan fingerprint density at radius 3 is 3.15 bits per heavy atom. The summed E-state index contributed by atoms with van der Waals surface area (Å²) in [4.78, 5) is 0. The minimum absolute atomic E-state index is 1.10. The molecule has 1 aromatic carbocycles. The van der Waals surface area contributed by atoms with Crippen LogP contribution in [0, 0.1) is 0 Å². The molecule has 2 heterocycles. The normalized spacial score (nSPS) is 19.4. The molecule has 2 heteroatoms. The Hall–Kier alpha value is -1.02. The van der Waals surface area contributed by atoms with E-state index in [0.29, 0.717) is 0 Å². The molecule has 0 aromatic heterocycles. The largest absolute Gasteiger partial charge is 0.313 e. The highest BCUT2D eigenvalue weighted by atomic mass is 14.9. The Morgan fingerprint density at radius 1 is 1.23 bits per heavy atom. The van der Waals surface area contributed by atoms with E-state index in [2.05, 4.69) is 29.6 Å². The first kappa shape index (κ1) is 7.39. The Labute approximate surface area is 79.1 Å². The molecule has 0 bridgehead atoms. The van der Waals surface area contributed by atoms with Crippen LogP contribution in [0.3, 0.4) is 0 Å². The smallest absolute Gasteiger partial charge is 0.189 e. The summed E-state index contributed by atoms with van der Waals surface area (Å²) >= 11 is 0. The van der Waals surface area contributed by atoms with Crippen LogP contribution >= 0.6 is 0 Å². The molecule has 0 aliphatic carbocycles. The van der Waals surface area contributed by atoms with Crippen molar-refractivity contribution >= 4 is 18.3 Å². The van der Waals surface area contributed by atoms with Crippen molar-refractivity contribution in [3.63, 3.8) is 0 Å². The van der Waals surface area contributed by atoms with Crippen LogP contribution in [0.25, 0.3) is 5.57 Å². The number of hydrogen-bond donors (Lipinski definition) is 1. The summed E-state index contributed by atoms with van der Waals surface area (Å²) in [5, 5.41) is 3.43. The van der Waals surface area contributed by atoms with Gasteiger partial charge in [-0.25, -0.2) is 0 Å². The fourth-order valence-electron chi connectivity index (χ4n) is 2.43. The molecule has 3 rings (SSSR count). The van der Waals surface area contributed by atoms with E-state index in [4.69, 9.17) is 0 Å². The third kappa shape index (κ3) is 1.06. The minimum Gasteiger partial charge on any atom is -0.313 e. The van der Waals surface area contributed by atoms with Crippen molar-refractivity contribution < 1.29 is 0 Å².